The van der Waals surface area contributed by atoms with E-state index in [0.717, 1.165) is 5.69 Å². The van der Waals surface area contributed by atoms with Crippen LogP contribution in [0.4, 0.5) is 5.69 Å². The molecule has 120 valence electrons. The van der Waals surface area contributed by atoms with Gasteiger partial charge in [-0.05, 0) is 49.7 Å². The van der Waals surface area contributed by atoms with Crippen LogP contribution in [0.15, 0.2) is 48.5 Å². The highest BCUT2D eigenvalue weighted by Gasteiger charge is 2.13. The maximum Gasteiger partial charge on any atom is 0.0891 e. The van der Waals surface area contributed by atoms with E-state index >= 15 is 0 Å². The van der Waals surface area contributed by atoms with E-state index in [1.165, 1.54) is 22.2 Å². The molecular weight excluding hydrogens is 308 g/mol. The third-order valence-electron chi connectivity index (χ3n) is 4.33. The Morgan fingerprint density at radius 2 is 1.78 bits per heavy atom. The van der Waals surface area contributed by atoms with E-state index in [-0.39, 0.29) is 0 Å². The number of rotatable bonds is 5. The molecule has 1 heterocycles. The standard InChI is InChI=1S/C19H21ClN2O/c1-13-14(2)22(19-6-4-3-5-18(13)19)12-17(23)11-21-16-9-7-15(20)8-10-16/h3-10,17,21,23H,11-12H2,1-2H3/t17-/m0/s1. The molecule has 0 radical (unpaired) electrons. The minimum Gasteiger partial charge on any atom is -0.389 e. The van der Waals surface area contributed by atoms with Crippen LogP contribution in [0.1, 0.15) is 11.3 Å². The third-order valence-corrected chi connectivity index (χ3v) is 4.58. The number of fused-ring (bicyclic) bond motifs is 1. The summed E-state index contributed by atoms with van der Waals surface area (Å²) in [5, 5.41) is 15.6. The van der Waals surface area contributed by atoms with Crippen molar-refractivity contribution in [3.8, 4) is 0 Å². The second kappa shape index (κ2) is 6.65. The van der Waals surface area contributed by atoms with E-state index in [9.17, 15) is 5.11 Å². The van der Waals surface area contributed by atoms with E-state index in [1.807, 2.05) is 30.3 Å². The Morgan fingerprint density at radius 1 is 1.09 bits per heavy atom. The first-order valence-corrected chi connectivity index (χ1v) is 8.16. The molecule has 3 aromatic rings. The minimum atomic E-state index is -0.473. The van der Waals surface area contributed by atoms with Gasteiger partial charge in [0.05, 0.1) is 12.6 Å². The summed E-state index contributed by atoms with van der Waals surface area (Å²) in [6.07, 6.45) is -0.473. The zero-order valence-corrected chi connectivity index (χ0v) is 14.1. The highest BCUT2D eigenvalue weighted by molar-refractivity contribution is 6.30. The number of anilines is 1. The molecule has 0 spiro atoms. The summed E-state index contributed by atoms with van der Waals surface area (Å²) >= 11 is 5.88. The Morgan fingerprint density at radius 3 is 2.52 bits per heavy atom. The van der Waals surface area contributed by atoms with Crippen molar-refractivity contribution >= 4 is 28.2 Å². The van der Waals surface area contributed by atoms with Crippen LogP contribution in [0.5, 0.6) is 0 Å². The number of aromatic nitrogens is 1. The lowest BCUT2D eigenvalue weighted by Gasteiger charge is -2.16. The fraction of sp³-hybridized carbons (Fsp3) is 0.263. The van der Waals surface area contributed by atoms with Crippen molar-refractivity contribution in [3.63, 3.8) is 0 Å². The summed E-state index contributed by atoms with van der Waals surface area (Å²) in [4.78, 5) is 0. The molecule has 0 aliphatic carbocycles. The van der Waals surface area contributed by atoms with Gasteiger partial charge in [0.25, 0.3) is 0 Å². The molecule has 1 atom stereocenters. The second-order valence-corrected chi connectivity index (χ2v) is 6.32. The average Bonchev–Trinajstić information content (AvgIpc) is 2.80. The molecule has 0 aliphatic heterocycles. The van der Waals surface area contributed by atoms with E-state index in [0.29, 0.717) is 18.1 Å². The summed E-state index contributed by atoms with van der Waals surface area (Å²) in [6.45, 7) is 5.30. The predicted octanol–water partition coefficient (Wildman–Crippen LogP) is 4.38. The van der Waals surface area contributed by atoms with Gasteiger partial charge in [-0.1, -0.05) is 29.8 Å². The largest absolute Gasteiger partial charge is 0.389 e. The van der Waals surface area contributed by atoms with Crippen molar-refractivity contribution in [1.29, 1.82) is 0 Å². The van der Waals surface area contributed by atoms with Crippen molar-refractivity contribution in [1.82, 2.24) is 4.57 Å². The number of benzene rings is 2. The van der Waals surface area contributed by atoms with Crippen LogP contribution >= 0.6 is 11.6 Å². The molecule has 4 heteroatoms. The lowest BCUT2D eigenvalue weighted by Crippen LogP contribution is -2.25. The maximum atomic E-state index is 10.4. The first kappa shape index (κ1) is 15.9. The number of halogens is 1. The molecule has 2 aromatic carbocycles. The van der Waals surface area contributed by atoms with Gasteiger partial charge in [-0.3, -0.25) is 0 Å². The molecule has 0 aliphatic rings. The van der Waals surface area contributed by atoms with Crippen LogP contribution in [0.2, 0.25) is 5.02 Å². The molecule has 23 heavy (non-hydrogen) atoms. The highest BCUT2D eigenvalue weighted by atomic mass is 35.5. The highest BCUT2D eigenvalue weighted by Crippen LogP contribution is 2.25. The van der Waals surface area contributed by atoms with E-state index < -0.39 is 6.10 Å². The number of hydrogen-bond donors (Lipinski definition) is 2. The predicted molar refractivity (Wildman–Crippen MR) is 97.4 cm³/mol. The lowest BCUT2D eigenvalue weighted by molar-refractivity contribution is 0.167. The zero-order valence-electron chi connectivity index (χ0n) is 13.4. The molecule has 0 saturated carbocycles. The van der Waals surface area contributed by atoms with Crippen LogP contribution in [0.3, 0.4) is 0 Å². The van der Waals surface area contributed by atoms with E-state index in [1.54, 1.807) is 0 Å². The Labute approximate surface area is 141 Å². The van der Waals surface area contributed by atoms with Crippen LogP contribution in [-0.2, 0) is 6.54 Å². The van der Waals surface area contributed by atoms with Gasteiger partial charge < -0.3 is 15.0 Å². The number of nitrogens with zero attached hydrogens (tertiary/aromatic N) is 1. The molecule has 0 unspecified atom stereocenters. The Kier molecular flexibility index (Phi) is 4.60. The monoisotopic (exact) mass is 328 g/mol. The zero-order chi connectivity index (χ0) is 16.4. The Bertz CT molecular complexity index is 808. The van der Waals surface area contributed by atoms with Crippen LogP contribution in [0.25, 0.3) is 10.9 Å². The number of hydrogen-bond acceptors (Lipinski definition) is 2. The molecule has 0 saturated heterocycles. The molecule has 3 rings (SSSR count). The quantitative estimate of drug-likeness (QED) is 0.729. The van der Waals surface area contributed by atoms with Crippen molar-refractivity contribution in [2.24, 2.45) is 0 Å². The van der Waals surface area contributed by atoms with Crippen molar-refractivity contribution in [2.45, 2.75) is 26.5 Å². The number of aliphatic hydroxyl groups is 1. The molecular formula is C19H21ClN2O. The van der Waals surface area contributed by atoms with Gasteiger partial charge in [0, 0.05) is 33.9 Å². The van der Waals surface area contributed by atoms with Crippen LogP contribution in [-0.4, -0.2) is 22.3 Å². The van der Waals surface area contributed by atoms with Gasteiger partial charge in [0.2, 0.25) is 0 Å². The smallest absolute Gasteiger partial charge is 0.0891 e. The van der Waals surface area contributed by atoms with Gasteiger partial charge in [0.1, 0.15) is 0 Å². The van der Waals surface area contributed by atoms with Gasteiger partial charge >= 0.3 is 0 Å². The fourth-order valence-electron chi connectivity index (χ4n) is 2.92. The van der Waals surface area contributed by atoms with Gasteiger partial charge in [-0.15, -0.1) is 0 Å². The first-order valence-electron chi connectivity index (χ1n) is 7.78. The van der Waals surface area contributed by atoms with Crippen molar-refractivity contribution in [3.05, 3.63) is 64.8 Å². The summed E-state index contributed by atoms with van der Waals surface area (Å²) < 4.78 is 2.19. The van der Waals surface area contributed by atoms with Crippen molar-refractivity contribution < 1.29 is 5.11 Å². The summed E-state index contributed by atoms with van der Waals surface area (Å²) in [7, 11) is 0. The van der Waals surface area contributed by atoms with Crippen LogP contribution < -0.4 is 5.32 Å². The van der Waals surface area contributed by atoms with Crippen LogP contribution in [0, 0.1) is 13.8 Å². The normalized spacial score (nSPS) is 12.5. The Balaban J connectivity index is 1.72. The average molecular weight is 329 g/mol. The summed E-state index contributed by atoms with van der Waals surface area (Å²) in [5.41, 5.74) is 4.61. The van der Waals surface area contributed by atoms with E-state index in [4.69, 9.17) is 11.6 Å². The first-order chi connectivity index (χ1) is 11.1. The number of aryl methyl sites for hydroxylation is 1. The number of aliphatic hydroxyl groups excluding tert-OH is 1. The van der Waals surface area contributed by atoms with E-state index in [2.05, 4.69) is 41.9 Å². The molecule has 1 aromatic heterocycles. The molecule has 0 fully saturated rings. The fourth-order valence-corrected chi connectivity index (χ4v) is 3.04. The third kappa shape index (κ3) is 3.36. The minimum absolute atomic E-state index is 0.473. The van der Waals surface area contributed by atoms with Crippen molar-refractivity contribution in [2.75, 3.05) is 11.9 Å². The van der Waals surface area contributed by atoms with Gasteiger partial charge in [-0.25, -0.2) is 0 Å². The number of para-hydroxylation sites is 1. The molecule has 2 N–H and O–H groups in total. The van der Waals surface area contributed by atoms with Gasteiger partial charge in [-0.2, -0.15) is 0 Å². The molecule has 0 bridgehead atoms. The van der Waals surface area contributed by atoms with Gasteiger partial charge in [0.15, 0.2) is 0 Å². The molecule has 3 nitrogen and oxygen atoms in total. The molecule has 0 amide bonds. The SMILES string of the molecule is Cc1c(C)n(C[C@@H](O)CNc2ccc(Cl)cc2)c2ccccc12. The summed E-state index contributed by atoms with van der Waals surface area (Å²) in [5.74, 6) is 0. The maximum absolute atomic E-state index is 10.4. The second-order valence-electron chi connectivity index (χ2n) is 5.88. The lowest BCUT2D eigenvalue weighted by atomic mass is 10.2. The number of nitrogens with one attached hydrogen (secondary N) is 1. The topological polar surface area (TPSA) is 37.2 Å². The summed E-state index contributed by atoms with van der Waals surface area (Å²) in [6, 6.07) is 15.8. The Hall–Kier alpha value is -1.97.